The van der Waals surface area contributed by atoms with Gasteiger partial charge in [-0.25, -0.2) is 4.98 Å². The largest absolute Gasteiger partial charge is 0.390 e. The first kappa shape index (κ1) is 7.09. The Labute approximate surface area is 71.9 Å². The number of thiazole rings is 1. The van der Waals surface area contributed by atoms with Crippen LogP contribution in [0.15, 0.2) is 12.4 Å². The SMILES string of the molecule is OCc1cn2cc(Cl)sc2n1. The Balaban J connectivity index is 2.64. The van der Waals surface area contributed by atoms with E-state index in [9.17, 15) is 0 Å². The first-order valence-corrected chi connectivity index (χ1v) is 4.23. The zero-order valence-electron chi connectivity index (χ0n) is 5.49. The second-order valence-corrected chi connectivity index (χ2v) is 3.76. The van der Waals surface area contributed by atoms with Crippen molar-refractivity contribution in [1.82, 2.24) is 9.38 Å². The molecule has 0 radical (unpaired) electrons. The van der Waals surface area contributed by atoms with Crippen molar-refractivity contribution in [1.29, 1.82) is 0 Å². The van der Waals surface area contributed by atoms with E-state index in [1.807, 2.05) is 0 Å². The van der Waals surface area contributed by atoms with Gasteiger partial charge in [-0.2, -0.15) is 0 Å². The molecule has 5 heteroatoms. The van der Waals surface area contributed by atoms with Crippen LogP contribution in [0.25, 0.3) is 4.96 Å². The Bertz CT molecular complexity index is 349. The quantitative estimate of drug-likeness (QED) is 0.737. The van der Waals surface area contributed by atoms with E-state index in [0.29, 0.717) is 10.0 Å². The van der Waals surface area contributed by atoms with E-state index in [-0.39, 0.29) is 6.61 Å². The summed E-state index contributed by atoms with van der Waals surface area (Å²) >= 11 is 7.11. The van der Waals surface area contributed by atoms with E-state index in [1.54, 1.807) is 16.8 Å². The summed E-state index contributed by atoms with van der Waals surface area (Å²) in [6, 6.07) is 0. The van der Waals surface area contributed by atoms with Gasteiger partial charge >= 0.3 is 0 Å². The molecule has 0 aliphatic rings. The fourth-order valence-electron chi connectivity index (χ4n) is 0.892. The van der Waals surface area contributed by atoms with Gasteiger partial charge in [-0.1, -0.05) is 22.9 Å². The van der Waals surface area contributed by atoms with E-state index >= 15 is 0 Å². The van der Waals surface area contributed by atoms with E-state index in [2.05, 4.69) is 4.98 Å². The van der Waals surface area contributed by atoms with Gasteiger partial charge in [-0.3, -0.25) is 4.40 Å². The number of hydrogen-bond acceptors (Lipinski definition) is 3. The smallest absolute Gasteiger partial charge is 0.195 e. The number of nitrogens with zero attached hydrogens (tertiary/aromatic N) is 2. The number of aliphatic hydroxyl groups excluding tert-OH is 1. The van der Waals surface area contributed by atoms with Crippen molar-refractivity contribution in [2.45, 2.75) is 6.61 Å². The van der Waals surface area contributed by atoms with E-state index < -0.39 is 0 Å². The first-order valence-electron chi connectivity index (χ1n) is 3.03. The normalized spacial score (nSPS) is 11.1. The molecule has 3 nitrogen and oxygen atoms in total. The summed E-state index contributed by atoms with van der Waals surface area (Å²) in [6.07, 6.45) is 3.53. The van der Waals surface area contributed by atoms with Crippen LogP contribution in [0.4, 0.5) is 0 Å². The Morgan fingerprint density at radius 3 is 3.09 bits per heavy atom. The van der Waals surface area contributed by atoms with E-state index in [0.717, 1.165) is 4.96 Å². The summed E-state index contributed by atoms with van der Waals surface area (Å²) in [5.74, 6) is 0. The lowest BCUT2D eigenvalue weighted by Crippen LogP contribution is -1.79. The molecule has 0 aliphatic heterocycles. The Morgan fingerprint density at radius 2 is 2.45 bits per heavy atom. The van der Waals surface area contributed by atoms with Gasteiger partial charge in [0, 0.05) is 12.4 Å². The molecule has 2 aromatic rings. The molecule has 2 aromatic heterocycles. The molecule has 0 aliphatic carbocycles. The van der Waals surface area contributed by atoms with Crippen molar-refractivity contribution in [2.24, 2.45) is 0 Å². The van der Waals surface area contributed by atoms with Crippen LogP contribution in [0.3, 0.4) is 0 Å². The number of imidazole rings is 1. The van der Waals surface area contributed by atoms with Crippen molar-refractivity contribution < 1.29 is 5.11 Å². The Kier molecular flexibility index (Phi) is 1.60. The molecular weight excluding hydrogens is 184 g/mol. The molecule has 0 saturated carbocycles. The molecule has 0 saturated heterocycles. The number of aliphatic hydroxyl groups is 1. The molecule has 0 atom stereocenters. The standard InChI is InChI=1S/C6H5ClN2OS/c7-5-2-9-1-4(3-10)8-6(9)11-5/h1-2,10H,3H2. The fourth-order valence-corrected chi connectivity index (χ4v) is 1.92. The van der Waals surface area contributed by atoms with Crippen LogP contribution in [0.5, 0.6) is 0 Å². The van der Waals surface area contributed by atoms with Crippen LogP contribution in [0.1, 0.15) is 5.69 Å². The maximum Gasteiger partial charge on any atom is 0.195 e. The summed E-state index contributed by atoms with van der Waals surface area (Å²) < 4.78 is 2.51. The topological polar surface area (TPSA) is 37.5 Å². The van der Waals surface area contributed by atoms with Gasteiger partial charge in [0.1, 0.15) is 4.34 Å². The molecule has 2 rings (SSSR count). The van der Waals surface area contributed by atoms with Crippen LogP contribution in [0.2, 0.25) is 4.34 Å². The molecule has 0 aromatic carbocycles. The maximum absolute atomic E-state index is 8.72. The molecule has 2 heterocycles. The maximum atomic E-state index is 8.72. The molecule has 0 amide bonds. The van der Waals surface area contributed by atoms with Crippen LogP contribution < -0.4 is 0 Å². The summed E-state index contributed by atoms with van der Waals surface area (Å²) in [5, 5.41) is 8.72. The second kappa shape index (κ2) is 2.48. The van der Waals surface area contributed by atoms with Gasteiger partial charge < -0.3 is 5.11 Å². The minimum atomic E-state index is -0.0218. The minimum absolute atomic E-state index is 0.0218. The third kappa shape index (κ3) is 1.13. The van der Waals surface area contributed by atoms with Crippen molar-refractivity contribution in [3.05, 3.63) is 22.4 Å². The van der Waals surface area contributed by atoms with Crippen molar-refractivity contribution >= 4 is 27.9 Å². The van der Waals surface area contributed by atoms with Gasteiger partial charge in [0.25, 0.3) is 0 Å². The first-order chi connectivity index (χ1) is 5.29. The highest BCUT2D eigenvalue weighted by Crippen LogP contribution is 2.21. The molecule has 58 valence electrons. The lowest BCUT2D eigenvalue weighted by Gasteiger charge is -1.80. The average molecular weight is 189 g/mol. The van der Waals surface area contributed by atoms with Gasteiger partial charge in [-0.05, 0) is 0 Å². The number of rotatable bonds is 1. The molecule has 0 fully saturated rings. The highest BCUT2D eigenvalue weighted by atomic mass is 35.5. The van der Waals surface area contributed by atoms with Crippen LogP contribution in [-0.4, -0.2) is 14.5 Å². The fraction of sp³-hybridized carbons (Fsp3) is 0.167. The molecule has 0 spiro atoms. The monoisotopic (exact) mass is 188 g/mol. The zero-order chi connectivity index (χ0) is 7.84. The Morgan fingerprint density at radius 1 is 1.64 bits per heavy atom. The van der Waals surface area contributed by atoms with Gasteiger partial charge in [0.05, 0.1) is 12.3 Å². The second-order valence-electron chi connectivity index (χ2n) is 2.12. The van der Waals surface area contributed by atoms with Gasteiger partial charge in [0.15, 0.2) is 4.96 Å². The highest BCUT2D eigenvalue weighted by Gasteiger charge is 2.02. The van der Waals surface area contributed by atoms with Crippen LogP contribution in [-0.2, 0) is 6.61 Å². The van der Waals surface area contributed by atoms with Gasteiger partial charge in [-0.15, -0.1) is 0 Å². The molecule has 11 heavy (non-hydrogen) atoms. The van der Waals surface area contributed by atoms with E-state index in [4.69, 9.17) is 16.7 Å². The Hall–Kier alpha value is -0.580. The molecule has 0 unspecified atom stereocenters. The van der Waals surface area contributed by atoms with Crippen molar-refractivity contribution in [2.75, 3.05) is 0 Å². The lowest BCUT2D eigenvalue weighted by atomic mass is 10.5. The van der Waals surface area contributed by atoms with Gasteiger partial charge in [0.2, 0.25) is 0 Å². The highest BCUT2D eigenvalue weighted by molar-refractivity contribution is 7.20. The summed E-state index contributed by atoms with van der Waals surface area (Å²) in [4.78, 5) is 4.92. The average Bonchev–Trinajstić information content (AvgIpc) is 2.43. The number of fused-ring (bicyclic) bond motifs is 1. The van der Waals surface area contributed by atoms with Crippen molar-refractivity contribution in [3.8, 4) is 0 Å². The molecule has 1 N–H and O–H groups in total. The minimum Gasteiger partial charge on any atom is -0.390 e. The van der Waals surface area contributed by atoms with E-state index in [1.165, 1.54) is 11.3 Å². The third-order valence-corrected chi connectivity index (χ3v) is 2.45. The zero-order valence-corrected chi connectivity index (χ0v) is 7.06. The lowest BCUT2D eigenvalue weighted by molar-refractivity contribution is 0.277. The molecule has 0 bridgehead atoms. The van der Waals surface area contributed by atoms with Crippen molar-refractivity contribution in [3.63, 3.8) is 0 Å². The number of halogens is 1. The summed E-state index contributed by atoms with van der Waals surface area (Å²) in [7, 11) is 0. The predicted molar refractivity (Wildman–Crippen MR) is 44.0 cm³/mol. The third-order valence-electron chi connectivity index (χ3n) is 1.34. The summed E-state index contributed by atoms with van der Waals surface area (Å²) in [5.41, 5.74) is 0.674. The van der Waals surface area contributed by atoms with Crippen LogP contribution >= 0.6 is 22.9 Å². The number of aromatic nitrogens is 2. The van der Waals surface area contributed by atoms with Crippen LogP contribution in [0, 0.1) is 0 Å². The number of hydrogen-bond donors (Lipinski definition) is 1. The predicted octanol–water partition coefficient (Wildman–Crippen LogP) is 1.54. The molecular formula is C6H5ClN2OS. The summed E-state index contributed by atoms with van der Waals surface area (Å²) in [6.45, 7) is -0.0218.